The molecule has 6 nitrogen and oxygen atoms in total. The zero-order valence-electron chi connectivity index (χ0n) is 34.0. The molecule has 2 heterocycles. The van der Waals surface area contributed by atoms with Gasteiger partial charge in [0.15, 0.2) is 0 Å². The van der Waals surface area contributed by atoms with Crippen molar-refractivity contribution in [3.05, 3.63) is 191 Å². The van der Waals surface area contributed by atoms with Crippen molar-refractivity contribution in [3.8, 4) is 69.0 Å². The van der Waals surface area contributed by atoms with E-state index in [0.717, 1.165) is 24.3 Å². The van der Waals surface area contributed by atoms with Gasteiger partial charge < -0.3 is 9.13 Å². The molecule has 314 valence electrons. The first-order valence-electron chi connectivity index (χ1n) is 20.2. The monoisotopic (exact) mass is 872 g/mol. The molecule has 0 saturated heterocycles. The molecule has 10 aromatic rings. The number of halogens is 6. The van der Waals surface area contributed by atoms with Crippen molar-refractivity contribution in [2.24, 2.45) is 0 Å². The average Bonchev–Trinajstić information content (AvgIpc) is 3.84. The maximum atomic E-state index is 15.2. The fourth-order valence-electron chi connectivity index (χ4n) is 9.04. The Morgan fingerprint density at radius 2 is 0.742 bits per heavy atom. The summed E-state index contributed by atoms with van der Waals surface area (Å²) in [6.07, 6.45) is -10.1. The fraction of sp³-hybridized carbons (Fsp3) is 0.0370. The second-order valence-electron chi connectivity index (χ2n) is 15.6. The smallest absolute Gasteiger partial charge is 0.309 e. The lowest BCUT2D eigenvalue weighted by atomic mass is 9.93. The van der Waals surface area contributed by atoms with Crippen LogP contribution >= 0.6 is 0 Å². The Morgan fingerprint density at radius 3 is 1.12 bits per heavy atom. The van der Waals surface area contributed by atoms with Gasteiger partial charge in [-0.3, -0.25) is 0 Å². The molecule has 12 heteroatoms. The van der Waals surface area contributed by atoms with Crippen LogP contribution in [-0.2, 0) is 12.4 Å². The fourth-order valence-corrected chi connectivity index (χ4v) is 9.04. The normalized spacial score (nSPS) is 11.7. The van der Waals surface area contributed by atoms with Crippen molar-refractivity contribution in [2.45, 2.75) is 12.4 Å². The summed E-state index contributed by atoms with van der Waals surface area (Å²) >= 11 is 0. The van der Waals surface area contributed by atoms with E-state index in [-0.39, 0.29) is 22.5 Å². The third kappa shape index (κ3) is 6.65. The maximum Gasteiger partial charge on any atom is 0.417 e. The number of fused-ring (bicyclic) bond motifs is 6. The Hall–Kier alpha value is -9.10. The van der Waals surface area contributed by atoms with E-state index in [0.29, 0.717) is 77.0 Å². The summed E-state index contributed by atoms with van der Waals surface area (Å²) in [7, 11) is 0. The number of nitriles is 4. The van der Waals surface area contributed by atoms with E-state index in [1.807, 2.05) is 36.4 Å². The van der Waals surface area contributed by atoms with Gasteiger partial charge in [-0.15, -0.1) is 0 Å². The first-order chi connectivity index (χ1) is 31.8. The van der Waals surface area contributed by atoms with Crippen molar-refractivity contribution >= 4 is 43.6 Å². The average molecular weight is 873 g/mol. The molecule has 0 amide bonds. The molecule has 2 aromatic heterocycles. The van der Waals surface area contributed by atoms with Gasteiger partial charge in [-0.2, -0.15) is 47.4 Å². The number of nitrogens with zero attached hydrogens (tertiary/aromatic N) is 6. The number of alkyl halides is 6. The van der Waals surface area contributed by atoms with Crippen LogP contribution in [0.5, 0.6) is 0 Å². The maximum absolute atomic E-state index is 15.2. The van der Waals surface area contributed by atoms with Gasteiger partial charge in [0.1, 0.15) is 0 Å². The minimum Gasteiger partial charge on any atom is -0.309 e. The standard InChI is InChI=1S/C54H26F6N6/c55-53(56,57)47-17-13-37(65-49-7-3-1-5-41(49)45-23-33(11-19-51(45)65)39-15-9-31(27-61)21-35(39)29-63)25-43(47)44-26-38(14-18-48(44)54(58,59)60)66-50-8-4-2-6-42(50)46-24-34(12-20-52(46)66)40-16-10-32(28-62)22-36(40)30-64/h1-26H. The minimum atomic E-state index is -5.06. The Labute approximate surface area is 371 Å². The van der Waals surface area contributed by atoms with Gasteiger partial charge in [0.2, 0.25) is 0 Å². The SMILES string of the molecule is N#Cc1ccc(-c2ccc3c(c2)c2ccccc2n3-c2ccc(C(F)(F)F)c(-c3cc(-n4c5ccccc5c5cc(-c6ccc(C#N)cc6C#N)ccc54)ccc3C(F)(F)F)c2)c(C#N)c1. The summed E-state index contributed by atoms with van der Waals surface area (Å²) in [4.78, 5) is 0. The second-order valence-corrected chi connectivity index (χ2v) is 15.6. The summed E-state index contributed by atoms with van der Waals surface area (Å²) in [5.74, 6) is 0. The first kappa shape index (κ1) is 40.9. The van der Waals surface area contributed by atoms with E-state index >= 15 is 26.3 Å². The lowest BCUT2D eigenvalue weighted by Gasteiger charge is -2.21. The van der Waals surface area contributed by atoms with Crippen LogP contribution in [0.25, 0.3) is 88.4 Å². The Bertz CT molecular complexity index is 3610. The molecule has 0 fully saturated rings. The third-order valence-electron chi connectivity index (χ3n) is 11.9. The van der Waals surface area contributed by atoms with Crippen molar-refractivity contribution in [1.29, 1.82) is 21.0 Å². The number of hydrogen-bond donors (Lipinski definition) is 0. The van der Waals surface area contributed by atoms with Gasteiger partial charge in [-0.1, -0.05) is 60.7 Å². The molecule has 0 aliphatic heterocycles. The third-order valence-corrected chi connectivity index (χ3v) is 11.9. The molecular formula is C54H26F6N6. The lowest BCUT2D eigenvalue weighted by molar-refractivity contribution is -0.139. The van der Waals surface area contributed by atoms with Crippen LogP contribution in [0, 0.1) is 45.3 Å². The zero-order valence-corrected chi connectivity index (χ0v) is 34.0. The van der Waals surface area contributed by atoms with Crippen molar-refractivity contribution in [3.63, 3.8) is 0 Å². The van der Waals surface area contributed by atoms with Gasteiger partial charge in [-0.05, 0) is 130 Å². The summed E-state index contributed by atoms with van der Waals surface area (Å²) in [6, 6.07) is 49.2. The molecule has 0 bridgehead atoms. The molecule has 0 spiro atoms. The molecule has 0 atom stereocenters. The molecular weight excluding hydrogens is 847 g/mol. The number of hydrogen-bond acceptors (Lipinski definition) is 4. The van der Waals surface area contributed by atoms with Gasteiger partial charge in [-0.25, -0.2) is 0 Å². The van der Waals surface area contributed by atoms with Crippen molar-refractivity contribution < 1.29 is 26.3 Å². The van der Waals surface area contributed by atoms with Gasteiger partial charge in [0.25, 0.3) is 0 Å². The number of benzene rings is 8. The number of para-hydroxylation sites is 2. The van der Waals surface area contributed by atoms with E-state index in [4.69, 9.17) is 0 Å². The van der Waals surface area contributed by atoms with Crippen LogP contribution < -0.4 is 0 Å². The van der Waals surface area contributed by atoms with Crippen LogP contribution in [-0.4, -0.2) is 9.13 Å². The van der Waals surface area contributed by atoms with Gasteiger partial charge in [0, 0.05) is 32.9 Å². The van der Waals surface area contributed by atoms with Crippen LogP contribution in [0.2, 0.25) is 0 Å². The summed E-state index contributed by atoms with van der Waals surface area (Å²) < 4.78 is 94.3. The molecule has 0 N–H and O–H groups in total. The summed E-state index contributed by atoms with van der Waals surface area (Å²) in [5.41, 5.74) is 2.32. The summed E-state index contributed by atoms with van der Waals surface area (Å²) in [5, 5.41) is 41.4. The van der Waals surface area contributed by atoms with Crippen LogP contribution in [0.1, 0.15) is 33.4 Å². The van der Waals surface area contributed by atoms with Gasteiger partial charge in [0.05, 0.1) is 79.7 Å². The topological polar surface area (TPSA) is 105 Å². The highest BCUT2D eigenvalue weighted by Gasteiger charge is 2.39. The minimum absolute atomic E-state index is 0.176. The second kappa shape index (κ2) is 15.3. The Morgan fingerprint density at radius 1 is 0.348 bits per heavy atom. The van der Waals surface area contributed by atoms with E-state index in [1.165, 1.54) is 24.3 Å². The summed E-state index contributed by atoms with van der Waals surface area (Å²) in [6.45, 7) is 0. The number of aromatic nitrogens is 2. The molecule has 10 rings (SSSR count). The van der Waals surface area contributed by atoms with Crippen LogP contribution in [0.4, 0.5) is 26.3 Å². The molecule has 66 heavy (non-hydrogen) atoms. The van der Waals surface area contributed by atoms with E-state index in [2.05, 4.69) is 12.1 Å². The van der Waals surface area contributed by atoms with Crippen LogP contribution in [0.15, 0.2) is 158 Å². The molecule has 0 aliphatic carbocycles. The highest BCUT2D eigenvalue weighted by molar-refractivity contribution is 6.12. The quantitative estimate of drug-likeness (QED) is 0.161. The van der Waals surface area contributed by atoms with E-state index < -0.39 is 34.6 Å². The lowest BCUT2D eigenvalue weighted by Crippen LogP contribution is -2.12. The van der Waals surface area contributed by atoms with E-state index in [9.17, 15) is 21.0 Å². The molecule has 0 radical (unpaired) electrons. The predicted molar refractivity (Wildman–Crippen MR) is 240 cm³/mol. The van der Waals surface area contributed by atoms with Crippen LogP contribution in [0.3, 0.4) is 0 Å². The predicted octanol–water partition coefficient (Wildman–Crippen LogP) is 14.4. The highest BCUT2D eigenvalue weighted by Crippen LogP contribution is 2.46. The largest absolute Gasteiger partial charge is 0.417 e. The molecule has 8 aromatic carbocycles. The Balaban J connectivity index is 1.19. The number of rotatable bonds is 5. The highest BCUT2D eigenvalue weighted by atomic mass is 19.4. The van der Waals surface area contributed by atoms with Gasteiger partial charge >= 0.3 is 12.4 Å². The zero-order chi connectivity index (χ0) is 46.1. The molecule has 0 unspecified atom stereocenters. The van der Waals surface area contributed by atoms with Crippen molar-refractivity contribution in [2.75, 3.05) is 0 Å². The molecule has 0 saturated carbocycles. The Kier molecular flexibility index (Phi) is 9.50. The van der Waals surface area contributed by atoms with E-state index in [1.54, 1.807) is 94.1 Å². The van der Waals surface area contributed by atoms with Crippen molar-refractivity contribution in [1.82, 2.24) is 9.13 Å². The first-order valence-corrected chi connectivity index (χ1v) is 20.2. The molecule has 0 aliphatic rings.